The second-order valence-corrected chi connectivity index (χ2v) is 10.9. The standard InChI is InChI=1S/C28H40N6O8/c1-15(2)24-27(39)30-9-10-41-21-8-6-5-7-18(21)25(37)32-20(28(40)34-13-16(3)42-17(4)14-34)12-23(36)31-19(11-22(29)35)26(38)33-24/h5-8,15-17,19-20,24H,9-14H2,1-4H3,(H2,29,35)(H,30,39)(H,31,36)(H,32,37)(H,33,38)/t16-,17+,19-,20-,24+/m0/s1. The Morgan fingerprint density at radius 3 is 2.31 bits per heavy atom. The molecule has 1 aromatic rings. The highest BCUT2D eigenvalue weighted by Gasteiger charge is 2.35. The number of nitrogens with two attached hydrogens (primary N) is 1. The molecule has 5 atom stereocenters. The summed E-state index contributed by atoms with van der Waals surface area (Å²) in [4.78, 5) is 79.6. The number of carbonyl (C=O) groups is 6. The predicted octanol–water partition coefficient (Wildman–Crippen LogP) is -1.18. The number of hydrogen-bond donors (Lipinski definition) is 5. The van der Waals surface area contributed by atoms with Gasteiger partial charge in [0.05, 0.1) is 37.2 Å². The molecule has 2 aliphatic rings. The van der Waals surface area contributed by atoms with E-state index in [0.29, 0.717) is 0 Å². The van der Waals surface area contributed by atoms with Gasteiger partial charge in [-0.2, -0.15) is 0 Å². The summed E-state index contributed by atoms with van der Waals surface area (Å²) in [5.41, 5.74) is 5.46. The van der Waals surface area contributed by atoms with Crippen LogP contribution in [0.2, 0.25) is 0 Å². The molecular weight excluding hydrogens is 548 g/mol. The minimum Gasteiger partial charge on any atom is -0.491 e. The number of primary amides is 1. The van der Waals surface area contributed by atoms with Crippen LogP contribution in [-0.4, -0.2) is 96.9 Å². The SMILES string of the molecule is CC(C)[C@H]1NC(=O)[C@H](CC(N)=O)NC(=O)C[C@@H](C(=O)N2C[C@@H](C)O[C@@H](C)C2)NC(=O)c2ccccc2OCCNC1=O. The van der Waals surface area contributed by atoms with Gasteiger partial charge in [-0.25, -0.2) is 0 Å². The highest BCUT2D eigenvalue weighted by Crippen LogP contribution is 2.19. The quantitative estimate of drug-likeness (QED) is 0.289. The van der Waals surface area contributed by atoms with Gasteiger partial charge in [0.25, 0.3) is 5.91 Å². The lowest BCUT2D eigenvalue weighted by molar-refractivity contribution is -0.146. The number of rotatable bonds is 4. The van der Waals surface area contributed by atoms with Crippen LogP contribution in [-0.2, 0) is 28.7 Å². The number of nitrogens with one attached hydrogen (secondary N) is 4. The summed E-state index contributed by atoms with van der Waals surface area (Å²) in [6.07, 6.45) is -1.61. The summed E-state index contributed by atoms with van der Waals surface area (Å²) in [5.74, 6) is -4.25. The molecule has 230 valence electrons. The summed E-state index contributed by atoms with van der Waals surface area (Å²) >= 11 is 0. The fraction of sp³-hybridized carbons (Fsp3) is 0.571. The topological polar surface area (TPSA) is 198 Å². The molecule has 0 bridgehead atoms. The average molecular weight is 589 g/mol. The van der Waals surface area contributed by atoms with E-state index in [1.807, 2.05) is 13.8 Å². The molecule has 0 aliphatic carbocycles. The van der Waals surface area contributed by atoms with Crippen LogP contribution >= 0.6 is 0 Å². The number of fused-ring (bicyclic) bond motifs is 1. The Bertz CT molecular complexity index is 1180. The summed E-state index contributed by atoms with van der Waals surface area (Å²) < 4.78 is 11.5. The number of carbonyl (C=O) groups excluding carboxylic acids is 6. The van der Waals surface area contributed by atoms with E-state index in [1.165, 1.54) is 11.0 Å². The van der Waals surface area contributed by atoms with Gasteiger partial charge in [-0.05, 0) is 31.9 Å². The highest BCUT2D eigenvalue weighted by atomic mass is 16.5. The lowest BCUT2D eigenvalue weighted by Gasteiger charge is -2.37. The van der Waals surface area contributed by atoms with Gasteiger partial charge in [-0.1, -0.05) is 26.0 Å². The molecule has 2 aliphatic heterocycles. The lowest BCUT2D eigenvalue weighted by atomic mass is 10.0. The van der Waals surface area contributed by atoms with Crippen LogP contribution < -0.4 is 31.7 Å². The zero-order valence-corrected chi connectivity index (χ0v) is 24.3. The molecule has 0 radical (unpaired) electrons. The third kappa shape index (κ3) is 8.90. The van der Waals surface area contributed by atoms with Gasteiger partial charge in [-0.3, -0.25) is 28.8 Å². The molecule has 1 fully saturated rings. The van der Waals surface area contributed by atoms with Crippen molar-refractivity contribution in [2.45, 2.75) is 70.9 Å². The van der Waals surface area contributed by atoms with Gasteiger partial charge in [-0.15, -0.1) is 0 Å². The van der Waals surface area contributed by atoms with Crippen LogP contribution in [0.5, 0.6) is 5.75 Å². The van der Waals surface area contributed by atoms with E-state index in [-0.39, 0.29) is 55.7 Å². The lowest BCUT2D eigenvalue weighted by Crippen LogP contribution is -2.58. The smallest absolute Gasteiger partial charge is 0.255 e. The Morgan fingerprint density at radius 1 is 1.00 bits per heavy atom. The van der Waals surface area contributed by atoms with Crippen LogP contribution in [0.25, 0.3) is 0 Å². The van der Waals surface area contributed by atoms with Gasteiger partial charge >= 0.3 is 0 Å². The Morgan fingerprint density at radius 2 is 1.67 bits per heavy atom. The van der Waals surface area contributed by atoms with Gasteiger partial charge in [0.2, 0.25) is 29.5 Å². The van der Waals surface area contributed by atoms with E-state index in [1.54, 1.807) is 32.0 Å². The summed E-state index contributed by atoms with van der Waals surface area (Å²) in [6.45, 7) is 7.64. The molecule has 14 heteroatoms. The molecule has 6 N–H and O–H groups in total. The number of morpholine rings is 1. The number of para-hydroxylation sites is 1. The minimum absolute atomic E-state index is 0.00501. The van der Waals surface area contributed by atoms with Crippen LogP contribution in [0.4, 0.5) is 0 Å². The monoisotopic (exact) mass is 588 g/mol. The van der Waals surface area contributed by atoms with E-state index in [2.05, 4.69) is 21.3 Å². The van der Waals surface area contributed by atoms with Crippen molar-refractivity contribution in [1.29, 1.82) is 0 Å². The number of ether oxygens (including phenoxy) is 2. The molecule has 6 amide bonds. The molecule has 0 unspecified atom stereocenters. The minimum atomic E-state index is -1.42. The van der Waals surface area contributed by atoms with Crippen molar-refractivity contribution in [3.63, 3.8) is 0 Å². The first-order valence-electron chi connectivity index (χ1n) is 14.0. The van der Waals surface area contributed by atoms with Gasteiger partial charge in [0, 0.05) is 13.1 Å². The van der Waals surface area contributed by atoms with E-state index >= 15 is 0 Å². The van der Waals surface area contributed by atoms with E-state index in [0.717, 1.165) is 0 Å². The fourth-order valence-electron chi connectivity index (χ4n) is 4.88. The van der Waals surface area contributed by atoms with Gasteiger partial charge in [0.15, 0.2) is 0 Å². The van der Waals surface area contributed by atoms with Gasteiger partial charge in [0.1, 0.15) is 30.5 Å². The first-order chi connectivity index (χ1) is 19.8. The Labute approximate surface area is 244 Å². The van der Waals surface area contributed by atoms with Crippen molar-refractivity contribution < 1.29 is 38.2 Å². The highest BCUT2D eigenvalue weighted by molar-refractivity contribution is 6.01. The van der Waals surface area contributed by atoms with Crippen molar-refractivity contribution >= 4 is 35.4 Å². The van der Waals surface area contributed by atoms with Crippen LogP contribution in [0.1, 0.15) is 50.9 Å². The summed E-state index contributed by atoms with van der Waals surface area (Å²) in [5, 5.41) is 10.4. The number of nitrogens with zero attached hydrogens (tertiary/aromatic N) is 1. The molecule has 2 heterocycles. The second kappa shape index (κ2) is 14.6. The molecule has 0 spiro atoms. The first kappa shape index (κ1) is 32.3. The van der Waals surface area contributed by atoms with E-state index < -0.39 is 66.4 Å². The molecule has 1 saturated heterocycles. The maximum absolute atomic E-state index is 13.7. The molecular formula is C28H40N6O8. The second-order valence-electron chi connectivity index (χ2n) is 10.9. The van der Waals surface area contributed by atoms with Crippen molar-refractivity contribution in [1.82, 2.24) is 26.2 Å². The predicted molar refractivity (Wildman–Crippen MR) is 150 cm³/mol. The van der Waals surface area contributed by atoms with E-state index in [9.17, 15) is 28.8 Å². The maximum Gasteiger partial charge on any atom is 0.255 e. The molecule has 0 aromatic heterocycles. The van der Waals surface area contributed by atoms with Crippen molar-refractivity contribution in [2.24, 2.45) is 11.7 Å². The third-order valence-electron chi connectivity index (χ3n) is 6.82. The van der Waals surface area contributed by atoms with Crippen molar-refractivity contribution in [2.75, 3.05) is 26.2 Å². The summed E-state index contributed by atoms with van der Waals surface area (Å²) in [7, 11) is 0. The molecule has 1 aromatic carbocycles. The molecule has 14 nitrogen and oxygen atoms in total. The number of hydrogen-bond acceptors (Lipinski definition) is 8. The van der Waals surface area contributed by atoms with Crippen LogP contribution in [0, 0.1) is 5.92 Å². The third-order valence-corrected chi connectivity index (χ3v) is 6.82. The van der Waals surface area contributed by atoms with Crippen LogP contribution in [0.3, 0.4) is 0 Å². The number of amides is 6. The Kier molecular flexibility index (Phi) is 11.2. The van der Waals surface area contributed by atoms with E-state index in [4.69, 9.17) is 15.2 Å². The maximum atomic E-state index is 13.7. The van der Waals surface area contributed by atoms with Crippen molar-refractivity contribution in [3.05, 3.63) is 29.8 Å². The van der Waals surface area contributed by atoms with Crippen molar-refractivity contribution in [3.8, 4) is 5.75 Å². The average Bonchev–Trinajstić information content (AvgIpc) is 2.91. The molecule has 0 saturated carbocycles. The first-order valence-corrected chi connectivity index (χ1v) is 14.0. The zero-order valence-electron chi connectivity index (χ0n) is 24.3. The van der Waals surface area contributed by atoms with Gasteiger partial charge < -0.3 is 41.4 Å². The Balaban J connectivity index is 1.96. The molecule has 42 heavy (non-hydrogen) atoms. The zero-order chi connectivity index (χ0) is 31.0. The fourth-order valence-corrected chi connectivity index (χ4v) is 4.88. The van der Waals surface area contributed by atoms with Crippen LogP contribution in [0.15, 0.2) is 24.3 Å². The number of benzene rings is 1. The summed E-state index contributed by atoms with van der Waals surface area (Å²) in [6, 6.07) is 2.66. The Hall–Kier alpha value is -4.20. The molecule has 3 rings (SSSR count). The normalized spacial score (nSPS) is 26.5. The largest absolute Gasteiger partial charge is 0.491 e.